The molecule has 0 unspecified atom stereocenters. The number of Topliss-reactive ketones (excluding diaryl/α,β-unsaturated/α-hetero) is 1. The number of rotatable bonds is 3. The van der Waals surface area contributed by atoms with Gasteiger partial charge < -0.3 is 0 Å². The van der Waals surface area contributed by atoms with Crippen molar-refractivity contribution in [1.82, 2.24) is 0 Å². The van der Waals surface area contributed by atoms with Crippen molar-refractivity contribution in [3.05, 3.63) is 24.9 Å². The predicted molar refractivity (Wildman–Crippen MR) is 49.9 cm³/mol. The molecule has 0 saturated carbocycles. The molecule has 0 atom stereocenters. The van der Waals surface area contributed by atoms with Gasteiger partial charge in [-0.15, -0.1) is 0 Å². The quantitative estimate of drug-likeness (QED) is 0.452. The average Bonchev–Trinajstić information content (AvgIpc) is 2.03. The average molecular weight is 153 g/mol. The first-order chi connectivity index (χ1) is 5.18. The molecular weight excluding hydrogens is 138 g/mol. The van der Waals surface area contributed by atoms with Gasteiger partial charge in [0.05, 0.1) is 0 Å². The Morgan fingerprint density at radius 3 is 2.18 bits per heavy atom. The third-order valence-electron chi connectivity index (χ3n) is 0.788. The summed E-state index contributed by atoms with van der Waals surface area (Å²) in [4.78, 5) is 14.0. The molecule has 0 aliphatic rings. The molecule has 0 rings (SSSR count). The molecule has 11 heavy (non-hydrogen) atoms. The van der Waals surface area contributed by atoms with Gasteiger partial charge in [0.25, 0.3) is 0 Å². The van der Waals surface area contributed by atoms with Crippen molar-refractivity contribution in [1.29, 1.82) is 0 Å². The smallest absolute Gasteiger partial charge is 0.160 e. The van der Waals surface area contributed by atoms with Crippen LogP contribution in [0.5, 0.6) is 0 Å². The molecule has 2 heteroatoms. The molecule has 0 aliphatic heterocycles. The fourth-order valence-corrected chi connectivity index (χ4v) is 0.234. The summed E-state index contributed by atoms with van der Waals surface area (Å²) in [5.74, 6) is -0.0689. The van der Waals surface area contributed by atoms with Crippen molar-refractivity contribution in [2.75, 3.05) is 0 Å². The van der Waals surface area contributed by atoms with E-state index >= 15 is 0 Å². The summed E-state index contributed by atoms with van der Waals surface area (Å²) in [6, 6.07) is 0. The minimum atomic E-state index is -0.0689. The van der Waals surface area contributed by atoms with Gasteiger partial charge in [-0.05, 0) is 6.92 Å². The third-order valence-corrected chi connectivity index (χ3v) is 0.788. The zero-order valence-electron chi connectivity index (χ0n) is 7.42. The highest BCUT2D eigenvalue weighted by atomic mass is 16.1. The summed E-state index contributed by atoms with van der Waals surface area (Å²) in [7, 11) is 0. The zero-order chi connectivity index (χ0) is 9.28. The highest BCUT2D eigenvalue weighted by molar-refractivity contribution is 6.11. The zero-order valence-corrected chi connectivity index (χ0v) is 7.42. The molecule has 0 aromatic heterocycles. The van der Waals surface area contributed by atoms with Gasteiger partial charge in [0.15, 0.2) is 5.78 Å². The SMILES string of the molecule is C=CN=CC(=C)C(C)=O.CC. The summed E-state index contributed by atoms with van der Waals surface area (Å²) in [6.45, 7) is 12.2. The number of hydrogen-bond acceptors (Lipinski definition) is 2. The Morgan fingerprint density at radius 2 is 1.91 bits per heavy atom. The molecule has 0 aromatic carbocycles. The van der Waals surface area contributed by atoms with Crippen molar-refractivity contribution in [2.24, 2.45) is 4.99 Å². The summed E-state index contributed by atoms with van der Waals surface area (Å²) >= 11 is 0. The van der Waals surface area contributed by atoms with E-state index in [1.165, 1.54) is 19.3 Å². The minimum Gasteiger partial charge on any atom is -0.294 e. The minimum absolute atomic E-state index is 0.0689. The number of allylic oxidation sites excluding steroid dienone is 1. The number of nitrogens with zero attached hydrogens (tertiary/aromatic N) is 1. The first-order valence-corrected chi connectivity index (χ1v) is 3.52. The molecule has 0 heterocycles. The van der Waals surface area contributed by atoms with E-state index in [9.17, 15) is 4.79 Å². The largest absolute Gasteiger partial charge is 0.294 e. The van der Waals surface area contributed by atoms with Gasteiger partial charge in [-0.2, -0.15) is 0 Å². The first kappa shape index (κ1) is 12.5. The second-order valence-electron chi connectivity index (χ2n) is 1.54. The highest BCUT2D eigenvalue weighted by Gasteiger charge is 1.92. The van der Waals surface area contributed by atoms with Gasteiger partial charge in [0.2, 0.25) is 0 Å². The molecule has 0 aromatic rings. The van der Waals surface area contributed by atoms with Crippen LogP contribution >= 0.6 is 0 Å². The second kappa shape index (κ2) is 8.82. The Kier molecular flexibility index (Phi) is 10.0. The van der Waals surface area contributed by atoms with Crippen LogP contribution in [0.25, 0.3) is 0 Å². The van der Waals surface area contributed by atoms with Crippen molar-refractivity contribution in [2.45, 2.75) is 20.8 Å². The second-order valence-corrected chi connectivity index (χ2v) is 1.54. The maximum Gasteiger partial charge on any atom is 0.160 e. The maximum absolute atomic E-state index is 10.4. The fraction of sp³-hybridized carbons (Fsp3) is 0.333. The molecule has 0 bridgehead atoms. The van der Waals surface area contributed by atoms with Crippen LogP contribution in [0.2, 0.25) is 0 Å². The van der Waals surface area contributed by atoms with Crippen LogP contribution in [0.4, 0.5) is 0 Å². The third kappa shape index (κ3) is 8.82. The van der Waals surface area contributed by atoms with Crippen molar-refractivity contribution in [3.8, 4) is 0 Å². The normalized spacial score (nSPS) is 8.27. The first-order valence-electron chi connectivity index (χ1n) is 3.52. The summed E-state index contributed by atoms with van der Waals surface area (Å²) in [6.07, 6.45) is 2.74. The Balaban J connectivity index is 0. The Labute approximate surface area is 68.3 Å². The topological polar surface area (TPSA) is 29.4 Å². The number of carbonyl (C=O) groups is 1. The molecule has 0 saturated heterocycles. The van der Waals surface area contributed by atoms with Crippen LogP contribution in [0.1, 0.15) is 20.8 Å². The monoisotopic (exact) mass is 153 g/mol. The van der Waals surface area contributed by atoms with E-state index in [1.54, 1.807) is 0 Å². The van der Waals surface area contributed by atoms with E-state index in [0.29, 0.717) is 5.57 Å². The van der Waals surface area contributed by atoms with E-state index in [2.05, 4.69) is 18.2 Å². The highest BCUT2D eigenvalue weighted by Crippen LogP contribution is 1.85. The number of aliphatic imine (C=N–C) groups is 1. The van der Waals surface area contributed by atoms with E-state index in [-0.39, 0.29) is 5.78 Å². The van der Waals surface area contributed by atoms with Crippen LogP contribution in [-0.4, -0.2) is 12.0 Å². The maximum atomic E-state index is 10.4. The van der Waals surface area contributed by atoms with Crippen molar-refractivity contribution in [3.63, 3.8) is 0 Å². The van der Waals surface area contributed by atoms with Gasteiger partial charge in [0.1, 0.15) is 0 Å². The summed E-state index contributed by atoms with van der Waals surface area (Å²) < 4.78 is 0. The Morgan fingerprint density at radius 1 is 1.45 bits per heavy atom. The van der Waals surface area contributed by atoms with Crippen LogP contribution < -0.4 is 0 Å². The summed E-state index contributed by atoms with van der Waals surface area (Å²) in [5.41, 5.74) is 0.398. The van der Waals surface area contributed by atoms with E-state index in [0.717, 1.165) is 0 Å². The lowest BCUT2D eigenvalue weighted by Gasteiger charge is -1.85. The molecule has 0 N–H and O–H groups in total. The van der Waals surface area contributed by atoms with E-state index < -0.39 is 0 Å². The molecule has 0 spiro atoms. The number of carbonyl (C=O) groups excluding carboxylic acids is 1. The number of hydrogen-bond donors (Lipinski definition) is 0. The van der Waals surface area contributed by atoms with Gasteiger partial charge in [-0.25, -0.2) is 0 Å². The summed E-state index contributed by atoms with van der Waals surface area (Å²) in [5, 5.41) is 0. The lowest BCUT2D eigenvalue weighted by Crippen LogP contribution is -1.94. The van der Waals surface area contributed by atoms with Gasteiger partial charge >= 0.3 is 0 Å². The van der Waals surface area contributed by atoms with Crippen molar-refractivity contribution < 1.29 is 4.79 Å². The van der Waals surface area contributed by atoms with E-state index in [1.807, 2.05) is 13.8 Å². The Bertz CT molecular complexity index is 168. The number of ketones is 1. The molecule has 0 aliphatic carbocycles. The molecule has 62 valence electrons. The van der Waals surface area contributed by atoms with Gasteiger partial charge in [-0.1, -0.05) is 27.0 Å². The van der Waals surface area contributed by atoms with Crippen molar-refractivity contribution >= 4 is 12.0 Å². The fourth-order valence-electron chi connectivity index (χ4n) is 0.234. The van der Waals surface area contributed by atoms with Crippen LogP contribution in [0.15, 0.2) is 29.9 Å². The van der Waals surface area contributed by atoms with Crippen LogP contribution in [-0.2, 0) is 4.79 Å². The van der Waals surface area contributed by atoms with Crippen LogP contribution in [0, 0.1) is 0 Å². The molecular formula is C9H15NO. The Hall–Kier alpha value is -1.18. The molecule has 0 radical (unpaired) electrons. The van der Waals surface area contributed by atoms with E-state index in [4.69, 9.17) is 0 Å². The van der Waals surface area contributed by atoms with Gasteiger partial charge in [0, 0.05) is 18.0 Å². The molecule has 0 amide bonds. The lowest BCUT2D eigenvalue weighted by atomic mass is 10.2. The molecule has 0 fully saturated rings. The lowest BCUT2D eigenvalue weighted by molar-refractivity contribution is -0.113. The predicted octanol–water partition coefficient (Wildman–Crippen LogP) is 2.37. The van der Waals surface area contributed by atoms with Gasteiger partial charge in [-0.3, -0.25) is 9.79 Å². The molecule has 2 nitrogen and oxygen atoms in total. The van der Waals surface area contributed by atoms with Crippen LogP contribution in [0.3, 0.4) is 0 Å². The standard InChI is InChI=1S/C7H9NO.C2H6/c1-4-8-5-6(2)7(3)9;1-2/h4-5H,1-2H2,3H3;1-2H3.